The zero-order chi connectivity index (χ0) is 7.15. The van der Waals surface area contributed by atoms with Gasteiger partial charge in [-0.15, -0.1) is 0 Å². The molecule has 0 N–H and O–H groups in total. The van der Waals surface area contributed by atoms with Gasteiger partial charge in [0.2, 0.25) is 0 Å². The molecule has 0 heterocycles. The van der Waals surface area contributed by atoms with Crippen LogP contribution in [0.3, 0.4) is 0 Å². The molecule has 0 amide bonds. The molecule has 69 valence electrons. The van der Waals surface area contributed by atoms with E-state index in [9.17, 15) is 0 Å². The molecule has 0 aromatic carbocycles. The fourth-order valence-electron chi connectivity index (χ4n) is 0. The monoisotopic (exact) mass is 241 g/mol. The standard InChI is InChI=1S/CH4.Cu.2H2O3S/c;;2*1-4(2)3/h1H4;;2*4H,(H,1,2,3)/q;+2;;/p-2. The Labute approximate surface area is 72.7 Å². The van der Waals surface area contributed by atoms with E-state index in [1.54, 1.807) is 0 Å². The quantitative estimate of drug-likeness (QED) is 0.291. The van der Waals surface area contributed by atoms with Crippen molar-refractivity contribution in [2.75, 3.05) is 0 Å². The third-order valence-electron chi connectivity index (χ3n) is 0. The molecule has 0 rings (SSSR count). The van der Waals surface area contributed by atoms with Crippen molar-refractivity contribution in [1.29, 1.82) is 0 Å². The van der Waals surface area contributed by atoms with E-state index < -0.39 is 22.0 Å². The summed E-state index contributed by atoms with van der Waals surface area (Å²) in [6.45, 7) is 0. The predicted molar refractivity (Wildman–Crippen MR) is 28.9 cm³/mol. The van der Waals surface area contributed by atoms with Crippen LogP contribution in [0, 0.1) is 0 Å². The van der Waals surface area contributed by atoms with Gasteiger partial charge < -0.3 is 9.11 Å². The molecule has 0 aromatic rings. The molecule has 0 aliphatic rings. The van der Waals surface area contributed by atoms with Crippen LogP contribution in [0.25, 0.3) is 0 Å². The first kappa shape index (κ1) is 22.4. The maximum Gasteiger partial charge on any atom is 2.00 e. The number of hydrogen-bond acceptors (Lipinski definition) is 6. The van der Waals surface area contributed by atoms with Gasteiger partial charge >= 0.3 is 17.1 Å². The van der Waals surface area contributed by atoms with Gasteiger partial charge in [0.15, 0.2) is 0 Å². The van der Waals surface area contributed by atoms with E-state index in [1.165, 1.54) is 0 Å². The van der Waals surface area contributed by atoms with E-state index in [1.807, 2.05) is 0 Å². The first-order valence-corrected chi connectivity index (χ1v) is 3.29. The van der Waals surface area contributed by atoms with Crippen LogP contribution in [0.4, 0.5) is 0 Å². The van der Waals surface area contributed by atoms with Crippen LogP contribution in [-0.4, -0.2) is 25.9 Å². The van der Waals surface area contributed by atoms with Gasteiger partial charge in [0.1, 0.15) is 0 Å². The molecule has 0 unspecified atom stereocenters. The van der Waals surface area contributed by atoms with Crippen LogP contribution >= 0.6 is 0 Å². The van der Waals surface area contributed by atoms with Crippen molar-refractivity contribution in [3.05, 3.63) is 0 Å². The average molecular weight is 242 g/mol. The Balaban J connectivity index is -0.0000000300. The van der Waals surface area contributed by atoms with Crippen LogP contribution in [0.1, 0.15) is 7.43 Å². The molecule has 6 nitrogen and oxygen atoms in total. The molecule has 0 bridgehead atoms. The second-order valence-corrected chi connectivity index (χ2v) is 1.34. The minimum absolute atomic E-state index is 0. The molecule has 0 atom stereocenters. The van der Waals surface area contributed by atoms with E-state index in [4.69, 9.17) is 25.9 Å². The molecular weight excluding hydrogens is 236 g/mol. The smallest absolute Gasteiger partial charge is 0.750 e. The Morgan fingerprint density at radius 1 is 0.800 bits per heavy atom. The van der Waals surface area contributed by atoms with Crippen LogP contribution in [0.2, 0.25) is 0 Å². The molecule has 0 aliphatic heterocycles. The van der Waals surface area contributed by atoms with E-state index >= 15 is 0 Å². The van der Waals surface area contributed by atoms with Gasteiger partial charge in [-0.05, 0) is 0 Å². The topological polar surface area (TPSA) is 114 Å². The van der Waals surface area contributed by atoms with Gasteiger partial charge in [-0.25, -0.2) is 16.8 Å². The molecule has 0 fully saturated rings. The summed E-state index contributed by atoms with van der Waals surface area (Å²) in [5.41, 5.74) is 0. The second-order valence-electron chi connectivity index (χ2n) is 0.447. The van der Waals surface area contributed by atoms with E-state index in [2.05, 4.69) is 0 Å². The van der Waals surface area contributed by atoms with Gasteiger partial charge in [0.05, 0.1) is 22.0 Å². The summed E-state index contributed by atoms with van der Waals surface area (Å²) < 4.78 is 50.9. The molecule has 0 saturated carbocycles. The summed E-state index contributed by atoms with van der Waals surface area (Å²) in [5.74, 6) is 0. The Morgan fingerprint density at radius 2 is 0.800 bits per heavy atom. The zero-order valence-electron chi connectivity index (χ0n) is 3.65. The summed E-state index contributed by atoms with van der Waals surface area (Å²) in [6.07, 6.45) is 0. The molecular formula is CH6CuO6S2. The van der Waals surface area contributed by atoms with Gasteiger partial charge in [-0.3, -0.25) is 0 Å². The third-order valence-corrected chi connectivity index (χ3v) is 0. The summed E-state index contributed by atoms with van der Waals surface area (Å²) in [7, 11) is -6.74. The number of thiol groups is 2. The Kier molecular flexibility index (Phi) is 36.3. The first-order chi connectivity index (χ1) is 3.46. The predicted octanol–water partition coefficient (Wildman–Crippen LogP) is -1.91. The molecule has 1 radical (unpaired) electrons. The van der Waals surface area contributed by atoms with Crippen molar-refractivity contribution in [2.24, 2.45) is 0 Å². The Bertz CT molecular complexity index is 133. The Hall–Kier alpha value is 0.339. The molecule has 9 heteroatoms. The van der Waals surface area contributed by atoms with E-state index in [-0.39, 0.29) is 24.5 Å². The average Bonchev–Trinajstić information content (AvgIpc) is 1.25. The van der Waals surface area contributed by atoms with Crippen molar-refractivity contribution < 1.29 is 43.0 Å². The van der Waals surface area contributed by atoms with Gasteiger partial charge in [0, 0.05) is 0 Å². The van der Waals surface area contributed by atoms with Gasteiger partial charge in [0.25, 0.3) is 0 Å². The van der Waals surface area contributed by atoms with Crippen LogP contribution in [-0.2, 0) is 39.0 Å². The molecule has 0 spiro atoms. The summed E-state index contributed by atoms with van der Waals surface area (Å²) in [5, 5.41) is 0. The molecule has 0 saturated heterocycles. The SMILES string of the molecule is C.O=[SH](=O)[O-].O=[SH](=O)[O-].[Cu+2]. The van der Waals surface area contributed by atoms with E-state index in [0.717, 1.165) is 0 Å². The number of rotatable bonds is 0. The van der Waals surface area contributed by atoms with Crippen LogP contribution < -0.4 is 0 Å². The molecule has 0 aromatic heterocycles. The Morgan fingerprint density at radius 3 is 0.800 bits per heavy atom. The summed E-state index contributed by atoms with van der Waals surface area (Å²) >= 11 is 0. The van der Waals surface area contributed by atoms with Crippen molar-refractivity contribution >= 4 is 22.0 Å². The number of hydrogen-bond donors (Lipinski definition) is 2. The zero-order valence-corrected chi connectivity index (χ0v) is 6.38. The van der Waals surface area contributed by atoms with Crippen molar-refractivity contribution in [3.63, 3.8) is 0 Å². The molecule has 10 heavy (non-hydrogen) atoms. The first-order valence-electron chi connectivity index (χ1n) is 1.10. The fourth-order valence-corrected chi connectivity index (χ4v) is 0. The minimum atomic E-state index is -3.37. The molecule has 0 aliphatic carbocycles. The van der Waals surface area contributed by atoms with Crippen molar-refractivity contribution in [2.45, 2.75) is 7.43 Å². The fraction of sp³-hybridized carbons (Fsp3) is 1.00. The van der Waals surface area contributed by atoms with Crippen LogP contribution in [0.5, 0.6) is 0 Å². The third kappa shape index (κ3) is 3900. The summed E-state index contributed by atoms with van der Waals surface area (Å²) in [6, 6.07) is 0. The maximum absolute atomic E-state index is 8.48. The van der Waals surface area contributed by atoms with E-state index in [0.29, 0.717) is 0 Å². The van der Waals surface area contributed by atoms with Gasteiger partial charge in [-0.2, -0.15) is 0 Å². The maximum atomic E-state index is 8.48. The van der Waals surface area contributed by atoms with Gasteiger partial charge in [-0.1, -0.05) is 7.43 Å². The van der Waals surface area contributed by atoms with Crippen molar-refractivity contribution in [3.8, 4) is 0 Å². The second kappa shape index (κ2) is 16.2. The van der Waals surface area contributed by atoms with Crippen LogP contribution in [0.15, 0.2) is 0 Å². The van der Waals surface area contributed by atoms with Crippen molar-refractivity contribution in [1.82, 2.24) is 0 Å². The normalized spacial score (nSPS) is 6.80. The largest absolute Gasteiger partial charge is 2.00 e. The minimum Gasteiger partial charge on any atom is -0.750 e. The summed E-state index contributed by atoms with van der Waals surface area (Å²) in [4.78, 5) is 0.